The molecule has 1 aromatic rings. The average Bonchev–Trinajstić information content (AvgIpc) is 3.11. The molecule has 0 radical (unpaired) electrons. The summed E-state index contributed by atoms with van der Waals surface area (Å²) in [5, 5.41) is 0. The first kappa shape index (κ1) is 28.0. The van der Waals surface area contributed by atoms with Gasteiger partial charge in [-0.3, -0.25) is 4.52 Å². The van der Waals surface area contributed by atoms with Gasteiger partial charge in [0.05, 0.1) is 22.5 Å². The summed E-state index contributed by atoms with van der Waals surface area (Å²) in [5.41, 5.74) is 0. The van der Waals surface area contributed by atoms with Gasteiger partial charge in [0.25, 0.3) is 0 Å². The van der Waals surface area contributed by atoms with E-state index in [1.807, 2.05) is 0 Å². The van der Waals surface area contributed by atoms with Gasteiger partial charge in [0.1, 0.15) is 5.75 Å². The van der Waals surface area contributed by atoms with Crippen molar-refractivity contribution in [3.05, 3.63) is 24.3 Å². The molecule has 10 nitrogen and oxygen atoms in total. The van der Waals surface area contributed by atoms with Gasteiger partial charge in [-0.05, 0) is 49.4 Å². The van der Waals surface area contributed by atoms with Crippen LogP contribution < -0.4 is 9.46 Å². The Hall–Kier alpha value is -1.22. The predicted molar refractivity (Wildman–Crippen MR) is 110 cm³/mol. The third kappa shape index (κ3) is 10.7. The topological polar surface area (TPSA) is 156 Å². The van der Waals surface area contributed by atoms with Crippen LogP contribution in [0.4, 0.5) is 13.2 Å². The van der Waals surface area contributed by atoms with Gasteiger partial charge < -0.3 is 14.5 Å². The smallest absolute Gasteiger partial charge is 0.406 e. The molecule has 0 heterocycles. The number of sulfone groups is 1. The maximum atomic E-state index is 12.4. The van der Waals surface area contributed by atoms with Gasteiger partial charge >= 0.3 is 14.2 Å². The number of halogens is 3. The number of hydrogen-bond donors (Lipinski definition) is 3. The van der Waals surface area contributed by atoms with Crippen LogP contribution in [-0.2, 0) is 28.9 Å². The lowest BCUT2D eigenvalue weighted by Gasteiger charge is -2.19. The van der Waals surface area contributed by atoms with Gasteiger partial charge in [-0.2, -0.15) is 0 Å². The molecule has 1 unspecified atom stereocenters. The Morgan fingerprint density at radius 2 is 1.67 bits per heavy atom. The lowest BCUT2D eigenvalue weighted by molar-refractivity contribution is -0.274. The number of alkyl halides is 3. The maximum Gasteiger partial charge on any atom is 0.573 e. The standard InChI is InChI=1S/C17H25F3NO9PS2/c18-17(19,20)29-14-5-7-16(8-6-14)33(27,28)21-10-9-15(30-31(22,23)24)12-32(25,26)11-13-3-1-2-4-13/h5-8,13,15,21H,1-4,9-12H2,(H2,22,23,24). The van der Waals surface area contributed by atoms with Crippen LogP contribution in [-0.4, -0.2) is 57.1 Å². The van der Waals surface area contributed by atoms with E-state index in [1.54, 1.807) is 0 Å². The normalized spacial score (nSPS) is 17.2. The van der Waals surface area contributed by atoms with Crippen molar-refractivity contribution in [1.29, 1.82) is 0 Å². The average molecular weight is 539 g/mol. The van der Waals surface area contributed by atoms with E-state index in [4.69, 9.17) is 9.79 Å². The summed E-state index contributed by atoms with van der Waals surface area (Å²) in [6.45, 7) is -0.438. The third-order valence-corrected chi connectivity index (χ3v) is 8.73. The molecule has 1 aliphatic rings. The lowest BCUT2D eigenvalue weighted by Crippen LogP contribution is -2.32. The first-order chi connectivity index (χ1) is 15.0. The van der Waals surface area contributed by atoms with Crippen LogP contribution >= 0.6 is 7.82 Å². The largest absolute Gasteiger partial charge is 0.573 e. The van der Waals surface area contributed by atoms with Crippen LogP contribution in [0.15, 0.2) is 29.2 Å². The molecule has 0 spiro atoms. The molecule has 1 saturated carbocycles. The summed E-state index contributed by atoms with van der Waals surface area (Å²) in [5.74, 6) is -1.50. The van der Waals surface area contributed by atoms with Crippen LogP contribution in [0, 0.1) is 5.92 Å². The molecular formula is C17H25F3NO9PS2. The third-order valence-electron chi connectivity index (χ3n) is 4.82. The molecule has 33 heavy (non-hydrogen) atoms. The maximum absolute atomic E-state index is 12.4. The molecule has 0 saturated heterocycles. The van der Waals surface area contributed by atoms with Crippen molar-refractivity contribution >= 4 is 27.7 Å². The Labute approximate surface area is 189 Å². The van der Waals surface area contributed by atoms with E-state index in [9.17, 15) is 34.6 Å². The minimum atomic E-state index is -5.05. The van der Waals surface area contributed by atoms with E-state index in [0.29, 0.717) is 0 Å². The number of rotatable bonds is 12. The molecule has 3 N–H and O–H groups in total. The van der Waals surface area contributed by atoms with Gasteiger partial charge in [0.15, 0.2) is 9.84 Å². The number of sulfonamides is 1. The van der Waals surface area contributed by atoms with Crippen molar-refractivity contribution in [1.82, 2.24) is 4.72 Å². The molecule has 2 rings (SSSR count). The zero-order valence-electron chi connectivity index (χ0n) is 17.3. The summed E-state index contributed by atoms with van der Waals surface area (Å²) in [6.07, 6.45) is -3.47. The van der Waals surface area contributed by atoms with Crippen LogP contribution in [0.3, 0.4) is 0 Å². The van der Waals surface area contributed by atoms with Gasteiger partial charge in [0.2, 0.25) is 10.0 Å². The highest BCUT2D eigenvalue weighted by Crippen LogP contribution is 2.38. The van der Waals surface area contributed by atoms with Gasteiger partial charge in [-0.1, -0.05) is 12.8 Å². The number of hydrogen-bond acceptors (Lipinski definition) is 7. The Balaban J connectivity index is 1.99. The van der Waals surface area contributed by atoms with E-state index in [-0.39, 0.29) is 18.1 Å². The summed E-state index contributed by atoms with van der Waals surface area (Å²) >= 11 is 0. The Morgan fingerprint density at radius 3 is 2.18 bits per heavy atom. The van der Waals surface area contributed by atoms with Gasteiger partial charge in [0, 0.05) is 6.54 Å². The summed E-state index contributed by atoms with van der Waals surface area (Å²) in [7, 11) is -13.0. The number of phosphoric acid groups is 1. The lowest BCUT2D eigenvalue weighted by atomic mass is 10.1. The molecule has 0 amide bonds. The highest BCUT2D eigenvalue weighted by molar-refractivity contribution is 7.91. The van der Waals surface area contributed by atoms with E-state index < -0.39 is 63.1 Å². The first-order valence-corrected chi connectivity index (χ1v) is 14.7. The molecule has 16 heteroatoms. The van der Waals surface area contributed by atoms with Crippen LogP contribution in [0.25, 0.3) is 0 Å². The van der Waals surface area contributed by atoms with Crippen molar-refractivity contribution in [2.24, 2.45) is 5.92 Å². The summed E-state index contributed by atoms with van der Waals surface area (Å²) in [4.78, 5) is 17.8. The minimum Gasteiger partial charge on any atom is -0.406 e. The Bertz CT molecular complexity index is 1030. The van der Waals surface area contributed by atoms with Gasteiger partial charge in [-0.15, -0.1) is 13.2 Å². The molecular weight excluding hydrogens is 514 g/mol. The van der Waals surface area contributed by atoms with Crippen molar-refractivity contribution in [2.75, 3.05) is 18.1 Å². The van der Waals surface area contributed by atoms with E-state index in [2.05, 4.69) is 14.0 Å². The number of nitrogens with one attached hydrogen (secondary N) is 1. The minimum absolute atomic E-state index is 0.0338. The predicted octanol–water partition coefficient (Wildman–Crippen LogP) is 2.34. The summed E-state index contributed by atoms with van der Waals surface area (Å²) < 4.78 is 108. The van der Waals surface area contributed by atoms with Crippen molar-refractivity contribution in [3.8, 4) is 5.75 Å². The Kier molecular flexibility index (Phi) is 9.35. The zero-order chi connectivity index (χ0) is 24.9. The quantitative estimate of drug-likeness (QED) is 0.339. The molecule has 1 fully saturated rings. The molecule has 1 atom stereocenters. The molecule has 0 bridgehead atoms. The molecule has 190 valence electrons. The molecule has 1 aliphatic carbocycles. The Morgan fingerprint density at radius 1 is 1.09 bits per heavy atom. The van der Waals surface area contributed by atoms with Crippen LogP contribution in [0.1, 0.15) is 32.1 Å². The van der Waals surface area contributed by atoms with E-state index >= 15 is 0 Å². The van der Waals surface area contributed by atoms with Crippen molar-refractivity contribution in [3.63, 3.8) is 0 Å². The first-order valence-electron chi connectivity index (χ1n) is 9.84. The van der Waals surface area contributed by atoms with Crippen molar-refractivity contribution < 1.29 is 53.6 Å². The molecule has 0 aromatic heterocycles. The SMILES string of the molecule is O=P(O)(O)OC(CCNS(=O)(=O)c1ccc(OC(F)(F)F)cc1)CS(=O)(=O)CC1CCCC1. The van der Waals surface area contributed by atoms with E-state index in [0.717, 1.165) is 49.9 Å². The number of phosphoric ester groups is 1. The van der Waals surface area contributed by atoms with Gasteiger partial charge in [-0.25, -0.2) is 26.1 Å². The second-order valence-electron chi connectivity index (χ2n) is 7.65. The molecule has 0 aliphatic heterocycles. The highest BCUT2D eigenvalue weighted by atomic mass is 32.2. The summed E-state index contributed by atoms with van der Waals surface area (Å²) in [6, 6.07) is 3.35. The monoisotopic (exact) mass is 539 g/mol. The number of benzene rings is 1. The van der Waals surface area contributed by atoms with Crippen molar-refractivity contribution in [2.45, 2.75) is 49.5 Å². The highest BCUT2D eigenvalue weighted by Gasteiger charge is 2.32. The fourth-order valence-electron chi connectivity index (χ4n) is 3.51. The zero-order valence-corrected chi connectivity index (χ0v) is 19.8. The van der Waals surface area contributed by atoms with E-state index in [1.165, 1.54) is 0 Å². The second kappa shape index (κ2) is 11.0. The van der Waals surface area contributed by atoms with Crippen LogP contribution in [0.2, 0.25) is 0 Å². The second-order valence-corrected chi connectivity index (χ2v) is 12.8. The van der Waals surface area contributed by atoms with Crippen LogP contribution in [0.5, 0.6) is 5.75 Å². The number of ether oxygens (including phenoxy) is 1. The molecule has 1 aromatic carbocycles. The fraction of sp³-hybridized carbons (Fsp3) is 0.647. The fourth-order valence-corrected chi connectivity index (χ4v) is 7.21.